The number of pyridine rings is 2. The van der Waals surface area contributed by atoms with Gasteiger partial charge < -0.3 is 29.4 Å². The highest BCUT2D eigenvalue weighted by molar-refractivity contribution is 6.01. The lowest BCUT2D eigenvalue weighted by atomic mass is 9.88. The van der Waals surface area contributed by atoms with Crippen LogP contribution < -0.4 is 24.3 Å². The zero-order valence-electron chi connectivity index (χ0n) is 35.0. The van der Waals surface area contributed by atoms with Gasteiger partial charge in [-0.25, -0.2) is 9.78 Å². The first kappa shape index (κ1) is 44.6. The van der Waals surface area contributed by atoms with Gasteiger partial charge in [0.25, 0.3) is 0 Å². The van der Waals surface area contributed by atoms with E-state index in [1.165, 1.54) is 30.3 Å². The first-order valence-corrected chi connectivity index (χ1v) is 20.4. The van der Waals surface area contributed by atoms with Crippen LogP contribution in [0.1, 0.15) is 69.6 Å². The third-order valence-electron chi connectivity index (χ3n) is 11.9. The molecule has 334 valence electrons. The molecule has 0 atom stereocenters. The minimum absolute atomic E-state index is 0. The largest absolute Gasteiger partial charge is 0.586 e. The Bertz CT molecular complexity index is 2900. The second kappa shape index (κ2) is 16.5. The van der Waals surface area contributed by atoms with Crippen LogP contribution in [0.3, 0.4) is 0 Å². The lowest BCUT2D eigenvalue weighted by molar-refractivity contribution is -0.287. The highest BCUT2D eigenvalue weighted by Crippen LogP contribution is 2.54. The van der Waals surface area contributed by atoms with Gasteiger partial charge in [-0.2, -0.15) is 0 Å². The zero-order valence-corrected chi connectivity index (χ0v) is 35.9. The maximum atomic E-state index is 13.4. The van der Waals surface area contributed by atoms with Crippen molar-refractivity contribution in [1.29, 1.82) is 0 Å². The molecule has 0 radical (unpaired) electrons. The average Bonchev–Trinajstić information content (AvgIpc) is 4.18. The van der Waals surface area contributed by atoms with Crippen LogP contribution >= 0.6 is 12.4 Å². The van der Waals surface area contributed by atoms with Crippen molar-refractivity contribution in [1.82, 2.24) is 9.97 Å². The van der Waals surface area contributed by atoms with Gasteiger partial charge in [0.1, 0.15) is 11.6 Å². The Morgan fingerprint density at radius 1 is 0.615 bits per heavy atom. The van der Waals surface area contributed by atoms with Crippen LogP contribution in [0.5, 0.6) is 23.0 Å². The van der Waals surface area contributed by atoms with E-state index < -0.39 is 29.4 Å². The van der Waals surface area contributed by atoms with Gasteiger partial charge in [0.15, 0.2) is 23.0 Å². The number of carboxylic acid groups (broad SMARTS) is 1. The van der Waals surface area contributed by atoms with Gasteiger partial charge in [-0.3, -0.25) is 14.6 Å². The second-order valence-electron chi connectivity index (χ2n) is 16.5. The van der Waals surface area contributed by atoms with E-state index in [0.29, 0.717) is 59.6 Å². The van der Waals surface area contributed by atoms with Gasteiger partial charge >= 0.3 is 18.6 Å². The Hall–Kier alpha value is -7.00. The number of rotatable bonds is 10. The van der Waals surface area contributed by atoms with Crippen LogP contribution in [0.25, 0.3) is 22.5 Å². The standard InChI is InChI=1S/C25H19F2NO5.C24H20F2N2O3.ClH/c1-14-5-7-18(28-22(14)15-3-2-4-16(11-15)23(30)31)13-21(29)24(9-10-24)17-6-8-19-20(12-17)33-25(26,27)32-19;1-14-4-3-5-16(12-14)21-15(2)6-9-20(27-21)28-22(29)23(10-11-23)17-7-8-18-19(13-17)31-24(25,26)30-18;/h2-8,11-12H,9-10,13H2,1H3,(H,30,31);3-9,12-13H,10-11H2,1-2H3,(H,27,28,29);1H. The van der Waals surface area contributed by atoms with E-state index in [2.05, 4.69) is 34.2 Å². The Balaban J connectivity index is 0.000000175. The fourth-order valence-corrected chi connectivity index (χ4v) is 8.13. The molecule has 4 heterocycles. The molecule has 65 heavy (non-hydrogen) atoms. The zero-order chi connectivity index (χ0) is 45.2. The minimum Gasteiger partial charge on any atom is -0.478 e. The fourth-order valence-electron chi connectivity index (χ4n) is 8.13. The van der Waals surface area contributed by atoms with Crippen molar-refractivity contribution in [3.05, 3.63) is 148 Å². The normalized spacial score (nSPS) is 16.8. The Morgan fingerprint density at radius 2 is 1.14 bits per heavy atom. The summed E-state index contributed by atoms with van der Waals surface area (Å²) in [4.78, 5) is 47.0. The molecule has 0 bridgehead atoms. The summed E-state index contributed by atoms with van der Waals surface area (Å²) in [6.07, 6.45) is -4.87. The van der Waals surface area contributed by atoms with Gasteiger partial charge in [-0.1, -0.05) is 60.2 Å². The number of alkyl halides is 4. The first-order valence-electron chi connectivity index (χ1n) is 20.4. The lowest BCUT2D eigenvalue weighted by Crippen LogP contribution is -2.28. The fraction of sp³-hybridized carbons (Fsp3) is 0.245. The van der Waals surface area contributed by atoms with E-state index in [0.717, 1.165) is 27.9 Å². The molecule has 6 aromatic rings. The second-order valence-corrected chi connectivity index (χ2v) is 16.5. The molecule has 1 amide bonds. The van der Waals surface area contributed by atoms with Crippen molar-refractivity contribution < 1.29 is 56.0 Å². The van der Waals surface area contributed by atoms with Crippen molar-refractivity contribution in [2.45, 2.75) is 76.3 Å². The number of ether oxygens (including phenoxy) is 4. The van der Waals surface area contributed by atoms with Crippen LogP contribution in [0.15, 0.2) is 109 Å². The number of benzene rings is 4. The Morgan fingerprint density at radius 3 is 1.71 bits per heavy atom. The Kier molecular flexibility index (Phi) is 11.3. The molecule has 2 aromatic heterocycles. The van der Waals surface area contributed by atoms with Gasteiger partial charge in [-0.05, 0) is 123 Å². The smallest absolute Gasteiger partial charge is 0.478 e. The van der Waals surface area contributed by atoms with Crippen LogP contribution in [0.4, 0.5) is 23.4 Å². The van der Waals surface area contributed by atoms with Crippen molar-refractivity contribution in [3.8, 4) is 45.5 Å². The number of carbonyl (C=O) groups excluding carboxylic acids is 2. The molecule has 10 rings (SSSR count). The van der Waals surface area contributed by atoms with E-state index in [1.807, 2.05) is 57.2 Å². The molecule has 0 spiro atoms. The summed E-state index contributed by atoms with van der Waals surface area (Å²) in [7, 11) is 0. The highest BCUT2D eigenvalue weighted by atomic mass is 35.5. The number of ketones is 1. The number of halogens is 5. The van der Waals surface area contributed by atoms with Gasteiger partial charge in [0.05, 0.1) is 27.8 Å². The molecule has 4 aliphatic rings. The maximum Gasteiger partial charge on any atom is 0.586 e. The third-order valence-corrected chi connectivity index (χ3v) is 11.9. The highest BCUT2D eigenvalue weighted by Gasteiger charge is 2.54. The molecule has 4 aromatic carbocycles. The summed E-state index contributed by atoms with van der Waals surface area (Å²) >= 11 is 0. The number of aryl methyl sites for hydroxylation is 3. The molecule has 0 saturated heterocycles. The quantitative estimate of drug-likeness (QED) is 0.127. The van der Waals surface area contributed by atoms with Crippen LogP contribution in [0, 0.1) is 20.8 Å². The minimum atomic E-state index is -3.71. The molecule has 2 saturated carbocycles. The van der Waals surface area contributed by atoms with Crippen molar-refractivity contribution in [2.24, 2.45) is 0 Å². The number of Topliss-reactive ketones (excluding diaryl/α,β-unsaturated/α-hetero) is 1. The van der Waals surface area contributed by atoms with E-state index in [-0.39, 0.29) is 59.1 Å². The summed E-state index contributed by atoms with van der Waals surface area (Å²) < 4.78 is 71.3. The molecule has 16 heteroatoms. The van der Waals surface area contributed by atoms with Crippen molar-refractivity contribution in [2.75, 3.05) is 5.32 Å². The monoisotopic (exact) mass is 909 g/mol. The molecule has 2 N–H and O–H groups in total. The lowest BCUT2D eigenvalue weighted by Gasteiger charge is -2.17. The molecular weight excluding hydrogens is 870 g/mol. The first-order chi connectivity index (χ1) is 30.4. The number of hydrogen-bond donors (Lipinski definition) is 2. The summed E-state index contributed by atoms with van der Waals surface area (Å²) in [5.41, 5.74) is 6.43. The number of aromatic nitrogens is 2. The van der Waals surface area contributed by atoms with E-state index in [1.54, 1.807) is 42.5 Å². The predicted molar refractivity (Wildman–Crippen MR) is 232 cm³/mol. The number of nitrogens with one attached hydrogen (secondary N) is 1. The van der Waals surface area contributed by atoms with E-state index in [9.17, 15) is 37.1 Å². The Labute approximate surface area is 376 Å². The SMILES string of the molecule is Cc1ccc(CC(=O)C2(c3ccc4c(c3)OC(F)(F)O4)CC2)nc1-c1cccc(C(=O)O)c1.Cc1cccc(-c2nc(NC(=O)C3(c4ccc5c(c4)OC(F)(F)O5)CC3)ccc2C)c1.Cl. The average molecular weight is 910 g/mol. The maximum absolute atomic E-state index is 13.4. The number of amides is 1. The van der Waals surface area contributed by atoms with Gasteiger partial charge in [0.2, 0.25) is 5.91 Å². The van der Waals surface area contributed by atoms with Gasteiger partial charge in [-0.15, -0.1) is 30.0 Å². The number of hydrogen-bond acceptors (Lipinski definition) is 9. The topological polar surface area (TPSA) is 146 Å². The molecular formula is C49H40ClF4N3O8. The summed E-state index contributed by atoms with van der Waals surface area (Å²) in [6, 6.07) is 30.8. The predicted octanol–water partition coefficient (Wildman–Crippen LogP) is 10.7. The number of aromatic carboxylic acids is 1. The van der Waals surface area contributed by atoms with Crippen LogP contribution in [0.2, 0.25) is 0 Å². The molecule has 0 unspecified atom stereocenters. The molecule has 2 aliphatic heterocycles. The summed E-state index contributed by atoms with van der Waals surface area (Å²) in [5, 5.41) is 12.2. The number of carboxylic acids is 1. The van der Waals surface area contributed by atoms with Crippen LogP contribution in [-0.4, -0.2) is 45.3 Å². The number of anilines is 1. The third kappa shape index (κ3) is 8.92. The van der Waals surface area contributed by atoms with Crippen molar-refractivity contribution >= 4 is 35.9 Å². The number of nitrogens with zero attached hydrogens (tertiary/aromatic N) is 2. The van der Waals surface area contributed by atoms with Crippen molar-refractivity contribution in [3.63, 3.8) is 0 Å². The van der Waals surface area contributed by atoms with E-state index >= 15 is 0 Å². The van der Waals surface area contributed by atoms with Gasteiger partial charge in [0, 0.05) is 23.2 Å². The summed E-state index contributed by atoms with van der Waals surface area (Å²) in [6.45, 7) is 5.86. The molecule has 11 nitrogen and oxygen atoms in total. The molecule has 2 aliphatic carbocycles. The van der Waals surface area contributed by atoms with Crippen LogP contribution in [-0.2, 0) is 26.8 Å². The number of fused-ring (bicyclic) bond motifs is 2. The number of carbonyl (C=O) groups is 3. The van der Waals surface area contributed by atoms with E-state index in [4.69, 9.17) is 0 Å². The molecule has 2 fully saturated rings. The summed E-state index contributed by atoms with van der Waals surface area (Å²) in [5.74, 6) is -1.08.